The molecule has 0 nitrogen and oxygen atoms in total. The van der Waals surface area contributed by atoms with E-state index in [1.807, 2.05) is 11.3 Å². The molecule has 0 aliphatic heterocycles. The lowest BCUT2D eigenvalue weighted by atomic mass is 9.73. The molecule has 3 aromatic carbocycles. The third-order valence-corrected chi connectivity index (χ3v) is 6.43. The molecule has 1 heteroatoms. The summed E-state index contributed by atoms with van der Waals surface area (Å²) in [4.78, 5) is 0. The van der Waals surface area contributed by atoms with Crippen molar-refractivity contribution in [2.75, 3.05) is 0 Å². The monoisotopic (exact) mass is 372 g/mol. The molecule has 0 unspecified atom stereocenters. The van der Waals surface area contributed by atoms with Crippen LogP contribution in [-0.2, 0) is 10.8 Å². The van der Waals surface area contributed by atoms with Gasteiger partial charge in [-0.1, -0.05) is 90.1 Å². The van der Waals surface area contributed by atoms with Gasteiger partial charge in [0.2, 0.25) is 0 Å². The SMILES string of the molecule is CC(C)(C)c1ccc2sc3cccc(-c4ccccc4)c3c2c1C(C)(C)C. The zero-order chi connectivity index (χ0) is 19.4. The highest BCUT2D eigenvalue weighted by molar-refractivity contribution is 7.26. The molecule has 138 valence electrons. The van der Waals surface area contributed by atoms with Crippen molar-refractivity contribution in [1.82, 2.24) is 0 Å². The molecular weight excluding hydrogens is 344 g/mol. The molecular formula is C26H28S. The van der Waals surface area contributed by atoms with E-state index < -0.39 is 0 Å². The van der Waals surface area contributed by atoms with Crippen molar-refractivity contribution in [3.05, 3.63) is 71.8 Å². The fraction of sp³-hybridized carbons (Fsp3) is 0.308. The van der Waals surface area contributed by atoms with Crippen molar-refractivity contribution < 1.29 is 0 Å². The van der Waals surface area contributed by atoms with Crippen molar-refractivity contribution >= 4 is 31.5 Å². The Kier molecular flexibility index (Phi) is 4.20. The molecule has 0 radical (unpaired) electrons. The van der Waals surface area contributed by atoms with Gasteiger partial charge in [-0.15, -0.1) is 11.3 Å². The molecule has 0 aliphatic rings. The first-order chi connectivity index (χ1) is 12.7. The van der Waals surface area contributed by atoms with Crippen LogP contribution < -0.4 is 0 Å². The largest absolute Gasteiger partial charge is 0.135 e. The predicted octanol–water partition coefficient (Wildman–Crippen LogP) is 8.32. The summed E-state index contributed by atoms with van der Waals surface area (Å²) in [6, 6.07) is 22.3. The minimum atomic E-state index is 0.0833. The Morgan fingerprint density at radius 3 is 1.89 bits per heavy atom. The van der Waals surface area contributed by atoms with Gasteiger partial charge in [0.25, 0.3) is 0 Å². The van der Waals surface area contributed by atoms with Gasteiger partial charge >= 0.3 is 0 Å². The third-order valence-electron chi connectivity index (χ3n) is 5.31. The summed E-state index contributed by atoms with van der Waals surface area (Å²) >= 11 is 1.92. The third kappa shape index (κ3) is 3.08. The first-order valence-electron chi connectivity index (χ1n) is 9.72. The van der Waals surface area contributed by atoms with E-state index in [0.29, 0.717) is 0 Å². The summed E-state index contributed by atoms with van der Waals surface area (Å²) in [6.45, 7) is 14.0. The lowest BCUT2D eigenvalue weighted by molar-refractivity contribution is 0.535. The molecule has 4 aromatic rings. The summed E-state index contributed by atoms with van der Waals surface area (Å²) in [6.07, 6.45) is 0. The van der Waals surface area contributed by atoms with Gasteiger partial charge in [0.15, 0.2) is 0 Å². The average molecular weight is 373 g/mol. The van der Waals surface area contributed by atoms with Gasteiger partial charge in [-0.3, -0.25) is 0 Å². The second-order valence-electron chi connectivity index (χ2n) is 9.51. The van der Waals surface area contributed by atoms with Gasteiger partial charge in [-0.2, -0.15) is 0 Å². The van der Waals surface area contributed by atoms with Crippen LogP contribution in [0, 0.1) is 0 Å². The molecule has 0 saturated heterocycles. The Morgan fingerprint density at radius 1 is 0.593 bits per heavy atom. The summed E-state index contributed by atoms with van der Waals surface area (Å²) < 4.78 is 2.77. The molecule has 27 heavy (non-hydrogen) atoms. The van der Waals surface area contributed by atoms with E-state index in [4.69, 9.17) is 0 Å². The molecule has 0 fully saturated rings. The summed E-state index contributed by atoms with van der Waals surface area (Å²) in [7, 11) is 0. The number of hydrogen-bond donors (Lipinski definition) is 0. The molecule has 1 aromatic heterocycles. The maximum absolute atomic E-state index is 2.36. The minimum absolute atomic E-state index is 0.0833. The van der Waals surface area contributed by atoms with Crippen LogP contribution in [0.15, 0.2) is 60.7 Å². The van der Waals surface area contributed by atoms with Crippen LogP contribution in [0.3, 0.4) is 0 Å². The lowest BCUT2D eigenvalue weighted by Crippen LogP contribution is -2.22. The maximum Gasteiger partial charge on any atom is 0.0361 e. The van der Waals surface area contributed by atoms with Crippen LogP contribution in [-0.4, -0.2) is 0 Å². The molecule has 1 heterocycles. The summed E-state index contributed by atoms with van der Waals surface area (Å²) in [5, 5.41) is 2.87. The molecule has 0 atom stereocenters. The molecule has 0 bridgehead atoms. The van der Waals surface area contributed by atoms with E-state index in [9.17, 15) is 0 Å². The van der Waals surface area contributed by atoms with Gasteiger partial charge in [0.05, 0.1) is 0 Å². The van der Waals surface area contributed by atoms with Crippen molar-refractivity contribution in [1.29, 1.82) is 0 Å². The van der Waals surface area contributed by atoms with E-state index in [0.717, 1.165) is 0 Å². The second kappa shape index (κ2) is 6.21. The van der Waals surface area contributed by atoms with Crippen molar-refractivity contribution in [2.24, 2.45) is 0 Å². The lowest BCUT2D eigenvalue weighted by Gasteiger charge is -2.31. The molecule has 4 rings (SSSR count). The van der Waals surface area contributed by atoms with E-state index >= 15 is 0 Å². The van der Waals surface area contributed by atoms with Crippen LogP contribution in [0.25, 0.3) is 31.3 Å². The van der Waals surface area contributed by atoms with Crippen molar-refractivity contribution in [2.45, 2.75) is 52.4 Å². The van der Waals surface area contributed by atoms with Gasteiger partial charge < -0.3 is 0 Å². The number of rotatable bonds is 1. The fourth-order valence-corrected chi connectivity index (χ4v) is 5.31. The van der Waals surface area contributed by atoms with Gasteiger partial charge in [0.1, 0.15) is 0 Å². The van der Waals surface area contributed by atoms with Crippen LogP contribution in [0.2, 0.25) is 0 Å². The van der Waals surface area contributed by atoms with E-state index in [1.165, 1.54) is 42.4 Å². The summed E-state index contributed by atoms with van der Waals surface area (Å²) in [5.74, 6) is 0. The Morgan fingerprint density at radius 2 is 1.26 bits per heavy atom. The number of fused-ring (bicyclic) bond motifs is 3. The molecule has 0 saturated carbocycles. The van der Waals surface area contributed by atoms with E-state index in [1.54, 1.807) is 0 Å². The zero-order valence-electron chi connectivity index (χ0n) is 17.2. The van der Waals surface area contributed by atoms with Gasteiger partial charge in [0, 0.05) is 20.2 Å². The van der Waals surface area contributed by atoms with Gasteiger partial charge in [-0.25, -0.2) is 0 Å². The molecule has 0 aliphatic carbocycles. The first-order valence-corrected chi connectivity index (χ1v) is 10.5. The average Bonchev–Trinajstić information content (AvgIpc) is 2.98. The Labute approximate surface area is 166 Å². The van der Waals surface area contributed by atoms with Gasteiger partial charge in [-0.05, 0) is 45.2 Å². The molecule has 0 amide bonds. The number of benzene rings is 3. The van der Waals surface area contributed by atoms with Crippen LogP contribution >= 0.6 is 11.3 Å². The number of thiophene rings is 1. The standard InChI is InChI=1S/C26H28S/c1-25(2,3)19-15-16-21-23(24(19)26(4,5)6)22-18(13-10-14-20(22)27-21)17-11-8-7-9-12-17/h7-16H,1-6H3. The maximum atomic E-state index is 2.36. The van der Waals surface area contributed by atoms with Crippen LogP contribution in [0.4, 0.5) is 0 Å². The number of hydrogen-bond acceptors (Lipinski definition) is 1. The van der Waals surface area contributed by atoms with Crippen LogP contribution in [0.1, 0.15) is 52.7 Å². The first kappa shape index (κ1) is 18.3. The highest BCUT2D eigenvalue weighted by Crippen LogP contribution is 2.47. The van der Waals surface area contributed by atoms with Crippen molar-refractivity contribution in [3.63, 3.8) is 0 Å². The quantitative estimate of drug-likeness (QED) is 0.315. The summed E-state index contributed by atoms with van der Waals surface area (Å²) in [5.41, 5.74) is 5.80. The van der Waals surface area contributed by atoms with E-state index in [2.05, 4.69) is 102 Å². The highest BCUT2D eigenvalue weighted by Gasteiger charge is 2.29. The van der Waals surface area contributed by atoms with E-state index in [-0.39, 0.29) is 10.8 Å². The topological polar surface area (TPSA) is 0 Å². The predicted molar refractivity (Wildman–Crippen MR) is 122 cm³/mol. The Bertz CT molecular complexity index is 1120. The van der Waals surface area contributed by atoms with Crippen LogP contribution in [0.5, 0.6) is 0 Å². The molecule has 0 N–H and O–H groups in total. The fourth-order valence-electron chi connectivity index (χ4n) is 4.17. The molecule has 0 spiro atoms. The highest BCUT2D eigenvalue weighted by atomic mass is 32.1. The smallest absolute Gasteiger partial charge is 0.0361 e. The van der Waals surface area contributed by atoms with Crippen molar-refractivity contribution in [3.8, 4) is 11.1 Å². The normalized spacial score (nSPS) is 12.8. The second-order valence-corrected chi connectivity index (χ2v) is 10.6. The Hall–Kier alpha value is -2.12. The Balaban J connectivity index is 2.23. The minimum Gasteiger partial charge on any atom is -0.135 e. The zero-order valence-corrected chi connectivity index (χ0v) is 18.0.